The average Bonchev–Trinajstić information content (AvgIpc) is 3.06. The summed E-state index contributed by atoms with van der Waals surface area (Å²) in [7, 11) is 1.53. The lowest BCUT2D eigenvalue weighted by atomic mass is 10.1. The van der Waals surface area contributed by atoms with Crippen LogP contribution in [0.15, 0.2) is 39.7 Å². The molecule has 0 unspecified atom stereocenters. The van der Waals surface area contributed by atoms with Crippen LogP contribution in [0, 0.1) is 13.8 Å². The number of nitrogens with one attached hydrogen (secondary N) is 1. The number of thiocarbonyl (C=S) groups is 1. The lowest BCUT2D eigenvalue weighted by molar-refractivity contribution is -0.122. The highest BCUT2D eigenvalue weighted by atomic mass is 79.9. The summed E-state index contributed by atoms with van der Waals surface area (Å²) in [5.74, 6) is 0.502. The zero-order valence-electron chi connectivity index (χ0n) is 19.6. The maximum Gasteiger partial charge on any atom is 0.266 e. The van der Waals surface area contributed by atoms with Crippen molar-refractivity contribution in [1.82, 2.24) is 4.90 Å². The van der Waals surface area contributed by atoms with E-state index in [1.54, 1.807) is 17.0 Å². The average molecular weight is 564 g/mol. The second-order valence-corrected chi connectivity index (χ2v) is 10.4. The van der Waals surface area contributed by atoms with Crippen LogP contribution >= 0.6 is 39.9 Å². The Balaban J connectivity index is 1.74. The van der Waals surface area contributed by atoms with Gasteiger partial charge in [-0.3, -0.25) is 14.5 Å². The molecule has 0 aliphatic carbocycles. The first-order valence-electron chi connectivity index (χ1n) is 10.9. The Morgan fingerprint density at radius 3 is 2.62 bits per heavy atom. The monoisotopic (exact) mass is 562 g/mol. The van der Waals surface area contributed by atoms with Gasteiger partial charge in [-0.2, -0.15) is 0 Å². The number of benzene rings is 2. The zero-order valence-corrected chi connectivity index (χ0v) is 22.8. The third kappa shape index (κ3) is 6.20. The van der Waals surface area contributed by atoms with Gasteiger partial charge in [0.2, 0.25) is 0 Å². The van der Waals surface area contributed by atoms with Gasteiger partial charge in [0.15, 0.2) is 18.1 Å². The largest absolute Gasteiger partial charge is 0.493 e. The summed E-state index contributed by atoms with van der Waals surface area (Å²) in [6.07, 6.45) is 3.68. The normalized spacial score (nSPS) is 14.6. The summed E-state index contributed by atoms with van der Waals surface area (Å²) in [6, 6.07) is 9.42. The van der Waals surface area contributed by atoms with Crippen molar-refractivity contribution < 1.29 is 19.1 Å². The van der Waals surface area contributed by atoms with Crippen LogP contribution in [0.5, 0.6) is 11.5 Å². The SMILES string of the molecule is CCCCN1C(=O)/C(=C/c2cc(Br)c(OCC(=O)Nc3c(C)cccc3C)c(OC)c2)SC1=S. The number of hydrogen-bond donors (Lipinski definition) is 1. The molecule has 2 amide bonds. The fourth-order valence-electron chi connectivity index (χ4n) is 3.45. The topological polar surface area (TPSA) is 67.9 Å². The molecule has 1 fully saturated rings. The molecule has 0 saturated carbocycles. The van der Waals surface area contributed by atoms with Crippen LogP contribution in [0.3, 0.4) is 0 Å². The Morgan fingerprint density at radius 2 is 1.97 bits per heavy atom. The van der Waals surface area contributed by atoms with Crippen molar-refractivity contribution >= 4 is 67.8 Å². The van der Waals surface area contributed by atoms with Crippen LogP contribution in [0.1, 0.15) is 36.5 Å². The number of anilines is 1. The van der Waals surface area contributed by atoms with Gasteiger partial charge in [0.25, 0.3) is 11.8 Å². The number of ether oxygens (including phenoxy) is 2. The van der Waals surface area contributed by atoms with E-state index in [1.807, 2.05) is 38.1 Å². The molecule has 0 bridgehead atoms. The van der Waals surface area contributed by atoms with E-state index in [0.29, 0.717) is 31.7 Å². The van der Waals surface area contributed by atoms with Gasteiger partial charge in [-0.25, -0.2) is 0 Å². The predicted octanol–water partition coefficient (Wildman–Crippen LogP) is 6.09. The molecule has 1 aliphatic rings. The third-order valence-corrected chi connectivity index (χ3v) is 7.22. The summed E-state index contributed by atoms with van der Waals surface area (Å²) in [5, 5.41) is 2.91. The number of aryl methyl sites for hydroxylation is 2. The molecule has 0 spiro atoms. The quantitative estimate of drug-likeness (QED) is 0.294. The van der Waals surface area contributed by atoms with Gasteiger partial charge < -0.3 is 14.8 Å². The fraction of sp³-hybridized carbons (Fsp3) is 0.320. The third-order valence-electron chi connectivity index (χ3n) is 5.25. The van der Waals surface area contributed by atoms with E-state index in [0.717, 1.165) is 35.2 Å². The Bertz CT molecular complexity index is 1130. The first kappa shape index (κ1) is 26.2. The summed E-state index contributed by atoms with van der Waals surface area (Å²) in [5.41, 5.74) is 3.51. The molecule has 1 N–H and O–H groups in total. The van der Waals surface area contributed by atoms with Crippen LogP contribution in [0.25, 0.3) is 6.08 Å². The van der Waals surface area contributed by atoms with Crippen molar-refractivity contribution in [3.8, 4) is 11.5 Å². The minimum atomic E-state index is -0.272. The molecule has 2 aromatic carbocycles. The van der Waals surface area contributed by atoms with Crippen molar-refractivity contribution in [2.75, 3.05) is 25.6 Å². The van der Waals surface area contributed by atoms with E-state index in [9.17, 15) is 9.59 Å². The standard InChI is InChI=1S/C25H27BrN2O4S2/c1-5-6-10-28-24(30)20(34-25(28)33)13-17-11-18(26)23(19(12-17)31-4)32-14-21(29)27-22-15(2)8-7-9-16(22)3/h7-9,11-13H,5-6,10,14H2,1-4H3,(H,27,29)/b20-13-. The summed E-state index contributed by atoms with van der Waals surface area (Å²) in [4.78, 5) is 27.5. The Labute approximate surface area is 218 Å². The molecule has 34 heavy (non-hydrogen) atoms. The predicted molar refractivity (Wildman–Crippen MR) is 146 cm³/mol. The Morgan fingerprint density at radius 1 is 1.26 bits per heavy atom. The first-order valence-corrected chi connectivity index (χ1v) is 12.9. The van der Waals surface area contributed by atoms with Crippen LogP contribution in [0.2, 0.25) is 0 Å². The van der Waals surface area contributed by atoms with Crippen LogP contribution in [0.4, 0.5) is 5.69 Å². The molecular formula is C25H27BrN2O4S2. The Hall–Kier alpha value is -2.36. The molecule has 1 saturated heterocycles. The molecule has 0 aromatic heterocycles. The fourth-order valence-corrected chi connectivity index (χ4v) is 5.33. The number of carbonyl (C=O) groups is 2. The van der Waals surface area contributed by atoms with Crippen molar-refractivity contribution in [3.63, 3.8) is 0 Å². The molecular weight excluding hydrogens is 536 g/mol. The van der Waals surface area contributed by atoms with Gasteiger partial charge in [-0.15, -0.1) is 0 Å². The van der Waals surface area contributed by atoms with E-state index in [2.05, 4.69) is 28.2 Å². The van der Waals surface area contributed by atoms with Gasteiger partial charge in [0, 0.05) is 12.2 Å². The smallest absolute Gasteiger partial charge is 0.266 e. The van der Waals surface area contributed by atoms with Gasteiger partial charge in [0.05, 0.1) is 16.5 Å². The number of nitrogens with zero attached hydrogens (tertiary/aromatic N) is 1. The number of amides is 2. The zero-order chi connectivity index (χ0) is 24.8. The van der Waals surface area contributed by atoms with Crippen molar-refractivity contribution in [1.29, 1.82) is 0 Å². The lowest BCUT2D eigenvalue weighted by Gasteiger charge is -2.15. The molecule has 180 valence electrons. The van der Waals surface area contributed by atoms with E-state index in [-0.39, 0.29) is 18.4 Å². The number of unbranched alkanes of at least 4 members (excludes halogenated alkanes) is 1. The van der Waals surface area contributed by atoms with Gasteiger partial charge >= 0.3 is 0 Å². The number of carbonyl (C=O) groups excluding carboxylic acids is 2. The number of para-hydroxylation sites is 1. The lowest BCUT2D eigenvalue weighted by Crippen LogP contribution is -2.28. The van der Waals surface area contributed by atoms with E-state index < -0.39 is 0 Å². The molecule has 0 radical (unpaired) electrons. The number of thioether (sulfide) groups is 1. The number of halogens is 1. The number of hydrogen-bond acceptors (Lipinski definition) is 6. The summed E-state index contributed by atoms with van der Waals surface area (Å²) < 4.78 is 12.5. The van der Waals surface area contributed by atoms with Crippen molar-refractivity contribution in [2.24, 2.45) is 0 Å². The molecule has 0 atom stereocenters. The van der Waals surface area contributed by atoms with Gasteiger partial charge in [-0.1, -0.05) is 55.5 Å². The minimum absolute atomic E-state index is 0.0814. The second-order valence-electron chi connectivity index (χ2n) is 7.82. The summed E-state index contributed by atoms with van der Waals surface area (Å²) in [6.45, 7) is 6.41. The molecule has 9 heteroatoms. The van der Waals surface area contributed by atoms with Crippen LogP contribution in [-0.2, 0) is 9.59 Å². The molecule has 1 heterocycles. The molecule has 3 rings (SSSR count). The maximum absolute atomic E-state index is 12.7. The Kier molecular flexibility index (Phi) is 9.16. The van der Waals surface area contributed by atoms with Crippen molar-refractivity contribution in [2.45, 2.75) is 33.6 Å². The second kappa shape index (κ2) is 11.9. The molecule has 1 aliphatic heterocycles. The van der Waals surface area contributed by atoms with E-state index in [4.69, 9.17) is 21.7 Å². The van der Waals surface area contributed by atoms with Gasteiger partial charge in [-0.05, 0) is 71.1 Å². The van der Waals surface area contributed by atoms with E-state index in [1.165, 1.54) is 18.9 Å². The highest BCUT2D eigenvalue weighted by molar-refractivity contribution is 9.10. The van der Waals surface area contributed by atoms with Crippen molar-refractivity contribution in [3.05, 3.63) is 56.4 Å². The highest BCUT2D eigenvalue weighted by Gasteiger charge is 2.31. The number of methoxy groups -OCH3 is 1. The number of rotatable bonds is 9. The van der Waals surface area contributed by atoms with E-state index >= 15 is 0 Å². The van der Waals surface area contributed by atoms with Gasteiger partial charge in [0.1, 0.15) is 4.32 Å². The van der Waals surface area contributed by atoms with Crippen LogP contribution < -0.4 is 14.8 Å². The molecule has 2 aromatic rings. The minimum Gasteiger partial charge on any atom is -0.493 e. The summed E-state index contributed by atoms with van der Waals surface area (Å²) >= 11 is 10.2. The van der Waals surface area contributed by atoms with Crippen LogP contribution in [-0.4, -0.2) is 41.3 Å². The maximum atomic E-state index is 12.7. The highest BCUT2D eigenvalue weighted by Crippen LogP contribution is 2.39. The molecule has 6 nitrogen and oxygen atoms in total. The first-order chi connectivity index (χ1) is 16.2.